The number of halogens is 1. The number of hydrazine groups is 1. The Labute approximate surface area is 127 Å². The number of aromatic nitrogens is 4. The fourth-order valence-corrected chi connectivity index (χ4v) is 2.91. The second-order valence-electron chi connectivity index (χ2n) is 4.92. The molecule has 0 aliphatic rings. The van der Waals surface area contributed by atoms with E-state index in [0.717, 1.165) is 40.2 Å². The minimum absolute atomic E-state index is 0.00102. The molecule has 6 nitrogen and oxygen atoms in total. The standard InChI is InChI=1S/C13H21BrN6/c1-5-20-12(13(14)9(3)18-20)7-10(16-15)11-6-8(2)17-19(11)4/h6,10,16H,5,7,15H2,1-4H3. The van der Waals surface area contributed by atoms with E-state index in [1.54, 1.807) is 0 Å². The molecule has 0 spiro atoms. The zero-order valence-corrected chi connectivity index (χ0v) is 13.9. The molecule has 1 unspecified atom stereocenters. The molecule has 0 fully saturated rings. The molecular formula is C13H21BrN6. The first-order chi connectivity index (χ1) is 9.47. The van der Waals surface area contributed by atoms with E-state index in [9.17, 15) is 0 Å². The molecule has 1 atom stereocenters. The molecule has 0 aromatic carbocycles. The maximum absolute atomic E-state index is 5.74. The van der Waals surface area contributed by atoms with Crippen LogP contribution in [-0.2, 0) is 20.0 Å². The molecule has 110 valence electrons. The van der Waals surface area contributed by atoms with Gasteiger partial charge < -0.3 is 0 Å². The Balaban J connectivity index is 2.34. The summed E-state index contributed by atoms with van der Waals surface area (Å²) in [6, 6.07) is 2.05. The quantitative estimate of drug-likeness (QED) is 0.642. The molecule has 2 heterocycles. The fourth-order valence-electron chi connectivity index (χ4n) is 2.46. The van der Waals surface area contributed by atoms with Crippen molar-refractivity contribution < 1.29 is 0 Å². The monoisotopic (exact) mass is 340 g/mol. The third kappa shape index (κ3) is 2.79. The van der Waals surface area contributed by atoms with Crippen LogP contribution in [0, 0.1) is 13.8 Å². The summed E-state index contributed by atoms with van der Waals surface area (Å²) >= 11 is 3.62. The van der Waals surface area contributed by atoms with Gasteiger partial charge in [-0.15, -0.1) is 0 Å². The molecule has 7 heteroatoms. The first-order valence-electron chi connectivity index (χ1n) is 6.66. The fraction of sp³-hybridized carbons (Fsp3) is 0.538. The van der Waals surface area contributed by atoms with Gasteiger partial charge in [0.2, 0.25) is 0 Å². The molecule has 0 amide bonds. The number of hydrogen-bond donors (Lipinski definition) is 2. The normalized spacial score (nSPS) is 12.9. The minimum Gasteiger partial charge on any atom is -0.271 e. The number of rotatable bonds is 5. The summed E-state index contributed by atoms with van der Waals surface area (Å²) in [5.74, 6) is 5.74. The van der Waals surface area contributed by atoms with Gasteiger partial charge in [-0.2, -0.15) is 10.2 Å². The van der Waals surface area contributed by atoms with Crippen LogP contribution in [0.1, 0.15) is 35.7 Å². The van der Waals surface area contributed by atoms with Crippen molar-refractivity contribution in [3.63, 3.8) is 0 Å². The average Bonchev–Trinajstić information content (AvgIpc) is 2.88. The van der Waals surface area contributed by atoms with Gasteiger partial charge in [0, 0.05) is 20.0 Å². The van der Waals surface area contributed by atoms with Gasteiger partial charge in [-0.3, -0.25) is 20.6 Å². The molecule has 0 bridgehead atoms. The van der Waals surface area contributed by atoms with Crippen molar-refractivity contribution in [2.24, 2.45) is 12.9 Å². The highest BCUT2D eigenvalue weighted by molar-refractivity contribution is 9.10. The van der Waals surface area contributed by atoms with Crippen LogP contribution >= 0.6 is 15.9 Å². The van der Waals surface area contributed by atoms with Crippen LogP contribution in [0.25, 0.3) is 0 Å². The van der Waals surface area contributed by atoms with Crippen LogP contribution in [0.5, 0.6) is 0 Å². The maximum Gasteiger partial charge on any atom is 0.0738 e. The number of nitrogens with one attached hydrogen (secondary N) is 1. The Bertz CT molecular complexity index is 600. The lowest BCUT2D eigenvalue weighted by Gasteiger charge is -2.17. The molecule has 0 saturated heterocycles. The van der Waals surface area contributed by atoms with Gasteiger partial charge in [0.15, 0.2) is 0 Å². The molecule has 0 aliphatic carbocycles. The van der Waals surface area contributed by atoms with Gasteiger partial charge in [0.1, 0.15) is 0 Å². The predicted octanol–water partition coefficient (Wildman–Crippen LogP) is 1.76. The molecule has 0 aliphatic heterocycles. The second kappa shape index (κ2) is 6.07. The summed E-state index contributed by atoms with van der Waals surface area (Å²) in [4.78, 5) is 0. The Hall–Kier alpha value is -1.18. The van der Waals surface area contributed by atoms with E-state index in [1.165, 1.54) is 0 Å². The van der Waals surface area contributed by atoms with Crippen LogP contribution in [0.15, 0.2) is 10.5 Å². The van der Waals surface area contributed by atoms with Crippen LogP contribution in [-0.4, -0.2) is 19.6 Å². The Morgan fingerprint density at radius 2 is 2.10 bits per heavy atom. The molecule has 20 heavy (non-hydrogen) atoms. The van der Waals surface area contributed by atoms with Crippen molar-refractivity contribution in [2.45, 2.75) is 39.8 Å². The van der Waals surface area contributed by atoms with E-state index in [4.69, 9.17) is 5.84 Å². The lowest BCUT2D eigenvalue weighted by atomic mass is 10.1. The second-order valence-corrected chi connectivity index (χ2v) is 5.71. The van der Waals surface area contributed by atoms with E-state index in [2.05, 4.69) is 44.5 Å². The number of aryl methyl sites for hydroxylation is 4. The predicted molar refractivity (Wildman–Crippen MR) is 82.1 cm³/mol. The minimum atomic E-state index is -0.00102. The average molecular weight is 341 g/mol. The number of hydrogen-bond acceptors (Lipinski definition) is 4. The largest absolute Gasteiger partial charge is 0.271 e. The molecule has 2 rings (SSSR count). The van der Waals surface area contributed by atoms with Gasteiger partial charge in [-0.1, -0.05) is 0 Å². The lowest BCUT2D eigenvalue weighted by Crippen LogP contribution is -2.31. The zero-order chi connectivity index (χ0) is 14.9. The van der Waals surface area contributed by atoms with E-state index in [1.807, 2.05) is 30.3 Å². The summed E-state index contributed by atoms with van der Waals surface area (Å²) in [6.07, 6.45) is 0.755. The first-order valence-corrected chi connectivity index (χ1v) is 7.45. The van der Waals surface area contributed by atoms with Crippen LogP contribution in [0.2, 0.25) is 0 Å². The summed E-state index contributed by atoms with van der Waals surface area (Å²) in [5, 5.41) is 8.89. The van der Waals surface area contributed by atoms with Gasteiger partial charge in [0.05, 0.1) is 33.3 Å². The number of nitrogens with two attached hydrogens (primary N) is 1. The van der Waals surface area contributed by atoms with Gasteiger partial charge in [0.25, 0.3) is 0 Å². The van der Waals surface area contributed by atoms with Crippen LogP contribution in [0.3, 0.4) is 0 Å². The van der Waals surface area contributed by atoms with E-state index in [-0.39, 0.29) is 6.04 Å². The third-order valence-electron chi connectivity index (χ3n) is 3.45. The van der Waals surface area contributed by atoms with Gasteiger partial charge in [-0.05, 0) is 42.8 Å². The molecule has 0 radical (unpaired) electrons. The topological polar surface area (TPSA) is 73.7 Å². The van der Waals surface area contributed by atoms with Crippen molar-refractivity contribution in [3.8, 4) is 0 Å². The summed E-state index contributed by atoms with van der Waals surface area (Å²) < 4.78 is 4.93. The molecule has 0 saturated carbocycles. The van der Waals surface area contributed by atoms with Crippen molar-refractivity contribution in [3.05, 3.63) is 33.3 Å². The van der Waals surface area contributed by atoms with E-state index >= 15 is 0 Å². The van der Waals surface area contributed by atoms with Crippen molar-refractivity contribution in [2.75, 3.05) is 0 Å². The highest BCUT2D eigenvalue weighted by Gasteiger charge is 2.20. The Morgan fingerprint density at radius 1 is 1.40 bits per heavy atom. The van der Waals surface area contributed by atoms with E-state index in [0.29, 0.717) is 0 Å². The van der Waals surface area contributed by atoms with Crippen molar-refractivity contribution in [1.82, 2.24) is 25.0 Å². The molecule has 2 aromatic rings. The summed E-state index contributed by atoms with van der Waals surface area (Å²) in [6.45, 7) is 6.90. The third-order valence-corrected chi connectivity index (χ3v) is 4.48. The maximum atomic E-state index is 5.74. The molecular weight excluding hydrogens is 320 g/mol. The van der Waals surface area contributed by atoms with Gasteiger partial charge in [-0.25, -0.2) is 0 Å². The van der Waals surface area contributed by atoms with Crippen molar-refractivity contribution >= 4 is 15.9 Å². The summed E-state index contributed by atoms with van der Waals surface area (Å²) in [7, 11) is 1.93. The Morgan fingerprint density at radius 3 is 2.60 bits per heavy atom. The highest BCUT2D eigenvalue weighted by Crippen LogP contribution is 2.26. The highest BCUT2D eigenvalue weighted by atomic mass is 79.9. The first kappa shape index (κ1) is 15.2. The summed E-state index contributed by atoms with van der Waals surface area (Å²) in [5.41, 5.74) is 7.09. The van der Waals surface area contributed by atoms with Gasteiger partial charge >= 0.3 is 0 Å². The van der Waals surface area contributed by atoms with Crippen LogP contribution < -0.4 is 11.3 Å². The SMILES string of the molecule is CCn1nc(C)c(Br)c1CC(NN)c1cc(C)nn1C. The number of nitrogens with zero attached hydrogens (tertiary/aromatic N) is 4. The van der Waals surface area contributed by atoms with Crippen LogP contribution in [0.4, 0.5) is 0 Å². The Kier molecular flexibility index (Phi) is 4.62. The zero-order valence-electron chi connectivity index (χ0n) is 12.3. The molecule has 2 aromatic heterocycles. The van der Waals surface area contributed by atoms with Crippen molar-refractivity contribution in [1.29, 1.82) is 0 Å². The van der Waals surface area contributed by atoms with E-state index < -0.39 is 0 Å². The lowest BCUT2D eigenvalue weighted by molar-refractivity contribution is 0.485. The molecule has 3 N–H and O–H groups in total. The smallest absolute Gasteiger partial charge is 0.0738 e.